The monoisotopic (exact) mass is 195 g/mol. The summed E-state index contributed by atoms with van der Waals surface area (Å²) in [6.07, 6.45) is 0. The molecule has 1 heterocycles. The zero-order valence-corrected chi connectivity index (χ0v) is 7.09. The first kappa shape index (κ1) is 8.83. The minimum absolute atomic E-state index is 0.0989. The van der Waals surface area contributed by atoms with Crippen molar-refractivity contribution >= 4 is 16.7 Å². The van der Waals surface area contributed by atoms with Gasteiger partial charge in [-0.05, 0) is 18.2 Å². The number of hydrazine groups is 1. The molecule has 0 bridgehead atoms. The highest BCUT2D eigenvalue weighted by atomic mass is 19.1. The molecular weight excluding hydrogens is 188 g/mol. The van der Waals surface area contributed by atoms with Gasteiger partial charge in [0.2, 0.25) is 0 Å². The number of anilines is 1. The highest BCUT2D eigenvalue weighted by molar-refractivity contribution is 5.80. The minimum atomic E-state index is -0.697. The summed E-state index contributed by atoms with van der Waals surface area (Å²) in [5.74, 6) is 4.13. The molecule has 3 nitrogen and oxygen atoms in total. The van der Waals surface area contributed by atoms with Crippen LogP contribution in [0.5, 0.6) is 0 Å². The lowest BCUT2D eigenvalue weighted by molar-refractivity contribution is 0.590. The molecule has 0 aliphatic heterocycles. The number of benzene rings is 1. The summed E-state index contributed by atoms with van der Waals surface area (Å²) in [7, 11) is 0. The van der Waals surface area contributed by atoms with Crippen molar-refractivity contribution in [1.29, 1.82) is 0 Å². The van der Waals surface area contributed by atoms with Gasteiger partial charge in [0.05, 0.1) is 0 Å². The first-order valence-corrected chi connectivity index (χ1v) is 3.93. The largest absolute Gasteiger partial charge is 0.308 e. The zero-order chi connectivity index (χ0) is 10.1. The predicted molar refractivity (Wildman–Crippen MR) is 49.5 cm³/mol. The molecule has 0 aliphatic carbocycles. The lowest BCUT2D eigenvalue weighted by Crippen LogP contribution is -2.08. The molecule has 0 saturated heterocycles. The van der Waals surface area contributed by atoms with Crippen molar-refractivity contribution in [1.82, 2.24) is 4.98 Å². The van der Waals surface area contributed by atoms with Gasteiger partial charge in [0, 0.05) is 11.5 Å². The topological polar surface area (TPSA) is 50.9 Å². The van der Waals surface area contributed by atoms with E-state index in [1.165, 1.54) is 6.07 Å². The smallest absolute Gasteiger partial charge is 0.152 e. The number of nitrogen functional groups attached to an aromatic ring is 1. The molecule has 1 aromatic heterocycles. The van der Waals surface area contributed by atoms with Crippen LogP contribution in [0, 0.1) is 11.6 Å². The SMILES string of the molecule is NNc1ccc2cc(F)cc(F)c2n1. The molecule has 14 heavy (non-hydrogen) atoms. The van der Waals surface area contributed by atoms with E-state index in [1.807, 2.05) is 0 Å². The molecule has 2 rings (SSSR count). The number of nitrogens with zero attached hydrogens (tertiary/aromatic N) is 1. The van der Waals surface area contributed by atoms with Crippen LogP contribution in [0.3, 0.4) is 0 Å². The van der Waals surface area contributed by atoms with Crippen LogP contribution in [0.1, 0.15) is 0 Å². The van der Waals surface area contributed by atoms with Gasteiger partial charge < -0.3 is 5.43 Å². The third-order valence-corrected chi connectivity index (χ3v) is 1.86. The number of rotatable bonds is 1. The molecule has 5 heteroatoms. The number of nitrogens with one attached hydrogen (secondary N) is 1. The number of fused-ring (bicyclic) bond motifs is 1. The average molecular weight is 195 g/mol. The van der Waals surface area contributed by atoms with E-state index < -0.39 is 11.6 Å². The maximum Gasteiger partial charge on any atom is 0.152 e. The molecule has 0 unspecified atom stereocenters. The van der Waals surface area contributed by atoms with Gasteiger partial charge in [-0.2, -0.15) is 0 Å². The number of nitrogens with two attached hydrogens (primary N) is 1. The highest BCUT2D eigenvalue weighted by Gasteiger charge is 2.05. The van der Waals surface area contributed by atoms with Crippen LogP contribution in [0.4, 0.5) is 14.6 Å². The molecule has 1 aromatic carbocycles. The van der Waals surface area contributed by atoms with Crippen LogP contribution in [0.2, 0.25) is 0 Å². The summed E-state index contributed by atoms with van der Waals surface area (Å²) >= 11 is 0. The van der Waals surface area contributed by atoms with Crippen LogP contribution in [0.15, 0.2) is 24.3 Å². The van der Waals surface area contributed by atoms with E-state index in [2.05, 4.69) is 10.4 Å². The van der Waals surface area contributed by atoms with Crippen molar-refractivity contribution in [3.8, 4) is 0 Å². The molecule has 0 spiro atoms. The number of hydrogen-bond acceptors (Lipinski definition) is 3. The molecule has 2 aromatic rings. The van der Waals surface area contributed by atoms with Crippen LogP contribution in [-0.4, -0.2) is 4.98 Å². The Bertz CT molecular complexity index is 485. The van der Waals surface area contributed by atoms with Gasteiger partial charge in [-0.3, -0.25) is 0 Å². The summed E-state index contributed by atoms with van der Waals surface area (Å²) in [5, 5.41) is 0.404. The first-order chi connectivity index (χ1) is 6.70. The van der Waals surface area contributed by atoms with E-state index in [4.69, 9.17) is 5.84 Å². The number of aromatic nitrogens is 1. The van der Waals surface area contributed by atoms with E-state index in [0.717, 1.165) is 6.07 Å². The predicted octanol–water partition coefficient (Wildman–Crippen LogP) is 1.80. The maximum atomic E-state index is 13.2. The lowest BCUT2D eigenvalue weighted by Gasteiger charge is -2.02. The number of pyridine rings is 1. The standard InChI is InChI=1S/C9H7F2N3/c10-6-3-5-1-2-8(14-12)13-9(5)7(11)4-6/h1-4H,12H2,(H,13,14). The summed E-state index contributed by atoms with van der Waals surface area (Å²) < 4.78 is 26.0. The Morgan fingerprint density at radius 2 is 2.00 bits per heavy atom. The van der Waals surface area contributed by atoms with Crippen molar-refractivity contribution in [2.45, 2.75) is 0 Å². The summed E-state index contributed by atoms with van der Waals surface area (Å²) in [5.41, 5.74) is 2.39. The summed E-state index contributed by atoms with van der Waals surface area (Å²) in [6.45, 7) is 0. The maximum absolute atomic E-state index is 13.2. The highest BCUT2D eigenvalue weighted by Crippen LogP contribution is 2.19. The quantitative estimate of drug-likeness (QED) is 0.538. The average Bonchev–Trinajstić information content (AvgIpc) is 2.17. The summed E-state index contributed by atoms with van der Waals surface area (Å²) in [6, 6.07) is 5.09. The van der Waals surface area contributed by atoms with Gasteiger partial charge >= 0.3 is 0 Å². The molecule has 72 valence electrons. The third kappa shape index (κ3) is 1.38. The molecule has 0 radical (unpaired) electrons. The van der Waals surface area contributed by atoms with E-state index in [-0.39, 0.29) is 5.52 Å². The second-order valence-corrected chi connectivity index (χ2v) is 2.80. The van der Waals surface area contributed by atoms with Crippen LogP contribution in [-0.2, 0) is 0 Å². The molecule has 3 N–H and O–H groups in total. The zero-order valence-electron chi connectivity index (χ0n) is 7.09. The van der Waals surface area contributed by atoms with Crippen LogP contribution < -0.4 is 11.3 Å². The van der Waals surface area contributed by atoms with Gasteiger partial charge in [-0.25, -0.2) is 19.6 Å². The van der Waals surface area contributed by atoms with E-state index in [9.17, 15) is 8.78 Å². The Kier molecular flexibility index (Phi) is 2.01. The first-order valence-electron chi connectivity index (χ1n) is 3.93. The van der Waals surface area contributed by atoms with Crippen molar-refractivity contribution in [2.75, 3.05) is 5.43 Å². The van der Waals surface area contributed by atoms with E-state index in [0.29, 0.717) is 11.2 Å². The second-order valence-electron chi connectivity index (χ2n) is 2.80. The Morgan fingerprint density at radius 3 is 2.71 bits per heavy atom. The normalized spacial score (nSPS) is 10.5. The molecule has 0 amide bonds. The van der Waals surface area contributed by atoms with Gasteiger partial charge in [0.25, 0.3) is 0 Å². The Morgan fingerprint density at radius 1 is 1.21 bits per heavy atom. The van der Waals surface area contributed by atoms with Gasteiger partial charge in [0.1, 0.15) is 17.2 Å². The fraction of sp³-hybridized carbons (Fsp3) is 0. The Balaban J connectivity index is 2.75. The van der Waals surface area contributed by atoms with E-state index >= 15 is 0 Å². The number of hydrogen-bond donors (Lipinski definition) is 2. The lowest BCUT2D eigenvalue weighted by atomic mass is 10.2. The summed E-state index contributed by atoms with van der Waals surface area (Å²) in [4.78, 5) is 3.86. The van der Waals surface area contributed by atoms with Crippen molar-refractivity contribution in [3.05, 3.63) is 35.9 Å². The molecule has 0 saturated carbocycles. The Hall–Kier alpha value is -1.75. The molecule has 0 atom stereocenters. The second kappa shape index (κ2) is 3.19. The van der Waals surface area contributed by atoms with Gasteiger partial charge in [-0.1, -0.05) is 0 Å². The Labute approximate surface area is 78.5 Å². The van der Waals surface area contributed by atoms with Crippen molar-refractivity contribution in [2.24, 2.45) is 5.84 Å². The van der Waals surface area contributed by atoms with Crippen molar-refractivity contribution in [3.63, 3.8) is 0 Å². The van der Waals surface area contributed by atoms with Crippen LogP contribution >= 0.6 is 0 Å². The van der Waals surface area contributed by atoms with Crippen molar-refractivity contribution < 1.29 is 8.78 Å². The van der Waals surface area contributed by atoms with Gasteiger partial charge in [-0.15, -0.1) is 0 Å². The number of halogens is 2. The molecule has 0 aliphatic rings. The minimum Gasteiger partial charge on any atom is -0.308 e. The fourth-order valence-electron chi connectivity index (χ4n) is 1.24. The van der Waals surface area contributed by atoms with E-state index in [1.54, 1.807) is 12.1 Å². The van der Waals surface area contributed by atoms with Crippen LogP contribution in [0.25, 0.3) is 10.9 Å². The third-order valence-electron chi connectivity index (χ3n) is 1.86. The molecular formula is C9H7F2N3. The van der Waals surface area contributed by atoms with Gasteiger partial charge in [0.15, 0.2) is 5.82 Å². The fourth-order valence-corrected chi connectivity index (χ4v) is 1.24. The molecule has 0 fully saturated rings.